The molecule has 5 heteroatoms. The maximum atomic E-state index is 6.24. The van der Waals surface area contributed by atoms with Crippen molar-refractivity contribution in [2.45, 2.75) is 32.9 Å². The molecular weight excluding hydrogens is 274 g/mol. The molecule has 0 aromatic carbocycles. The molecule has 1 aliphatic rings. The molecule has 0 amide bonds. The summed E-state index contributed by atoms with van der Waals surface area (Å²) in [4.78, 5) is 6.58. The minimum absolute atomic E-state index is 0.164. The van der Waals surface area contributed by atoms with Gasteiger partial charge in [0, 0.05) is 62.4 Å². The van der Waals surface area contributed by atoms with Crippen LogP contribution in [0.25, 0.3) is 11.3 Å². The van der Waals surface area contributed by atoms with Crippen molar-refractivity contribution in [3.8, 4) is 11.3 Å². The minimum atomic E-state index is 0.164. The highest BCUT2D eigenvalue weighted by Crippen LogP contribution is 2.30. The molecular formula is C17H25N5. The highest BCUT2D eigenvalue weighted by molar-refractivity contribution is 5.61. The van der Waals surface area contributed by atoms with E-state index in [0.29, 0.717) is 0 Å². The summed E-state index contributed by atoms with van der Waals surface area (Å²) in [6, 6.07) is 4.32. The van der Waals surface area contributed by atoms with Crippen molar-refractivity contribution in [2.24, 2.45) is 18.2 Å². The van der Waals surface area contributed by atoms with Gasteiger partial charge in [0.25, 0.3) is 0 Å². The summed E-state index contributed by atoms with van der Waals surface area (Å²) in [5.41, 5.74) is 9.85. The van der Waals surface area contributed by atoms with Gasteiger partial charge in [0.1, 0.15) is 0 Å². The number of likely N-dealkylation sites (tertiary alicyclic amines) is 1. The third kappa shape index (κ3) is 3.05. The van der Waals surface area contributed by atoms with E-state index in [9.17, 15) is 0 Å². The number of hydrogen-bond acceptors (Lipinski definition) is 4. The van der Waals surface area contributed by atoms with Gasteiger partial charge in [0.05, 0.1) is 5.69 Å². The quantitative estimate of drug-likeness (QED) is 0.942. The lowest BCUT2D eigenvalue weighted by Crippen LogP contribution is -2.52. The highest BCUT2D eigenvalue weighted by Gasteiger charge is 2.33. The Hall–Kier alpha value is -1.72. The normalized spacial score (nSPS) is 21.9. The highest BCUT2D eigenvalue weighted by atomic mass is 15.3. The second-order valence-electron chi connectivity index (χ2n) is 7.01. The maximum absolute atomic E-state index is 6.24. The van der Waals surface area contributed by atoms with Crippen molar-refractivity contribution < 1.29 is 0 Å². The van der Waals surface area contributed by atoms with Crippen LogP contribution in [0.1, 0.15) is 25.8 Å². The Morgan fingerprint density at radius 1 is 1.32 bits per heavy atom. The average Bonchev–Trinajstić information content (AvgIpc) is 2.84. The Morgan fingerprint density at radius 2 is 2.05 bits per heavy atom. The Morgan fingerprint density at radius 3 is 2.73 bits per heavy atom. The number of aryl methyl sites for hydroxylation is 1. The predicted molar refractivity (Wildman–Crippen MR) is 88.1 cm³/mol. The standard InChI is InChI=1S/C17H25N5/c1-17(2)12-22(9-6-15(17)18)11-14-10-21(3)20-16(14)13-4-7-19-8-5-13/h4-5,7-8,10,15H,6,9,11-12,18H2,1-3H3. The van der Waals surface area contributed by atoms with Crippen LogP contribution in [0, 0.1) is 5.41 Å². The SMILES string of the molecule is Cn1cc(CN2CCC(N)C(C)(C)C2)c(-c2ccncc2)n1. The fourth-order valence-electron chi connectivity index (χ4n) is 3.27. The second-order valence-corrected chi connectivity index (χ2v) is 7.01. The molecule has 0 spiro atoms. The first-order valence-electron chi connectivity index (χ1n) is 7.86. The van der Waals surface area contributed by atoms with E-state index in [1.54, 1.807) is 0 Å². The number of hydrogen-bond donors (Lipinski definition) is 1. The van der Waals surface area contributed by atoms with E-state index in [1.165, 1.54) is 5.56 Å². The van der Waals surface area contributed by atoms with Crippen molar-refractivity contribution >= 4 is 0 Å². The monoisotopic (exact) mass is 299 g/mol. The van der Waals surface area contributed by atoms with Crippen molar-refractivity contribution in [1.29, 1.82) is 0 Å². The maximum Gasteiger partial charge on any atom is 0.0969 e. The Bertz CT molecular complexity index is 632. The number of rotatable bonds is 3. The molecule has 0 bridgehead atoms. The summed E-state index contributed by atoms with van der Waals surface area (Å²) in [6.45, 7) is 7.52. The fourth-order valence-corrected chi connectivity index (χ4v) is 3.27. The Balaban J connectivity index is 1.82. The van der Waals surface area contributed by atoms with Gasteiger partial charge in [-0.1, -0.05) is 13.8 Å². The molecule has 22 heavy (non-hydrogen) atoms. The van der Waals surface area contributed by atoms with E-state index in [-0.39, 0.29) is 11.5 Å². The molecule has 2 aromatic heterocycles. The smallest absolute Gasteiger partial charge is 0.0969 e. The zero-order valence-electron chi connectivity index (χ0n) is 13.7. The first-order chi connectivity index (χ1) is 10.5. The number of aromatic nitrogens is 3. The van der Waals surface area contributed by atoms with Crippen LogP contribution < -0.4 is 5.73 Å². The third-order valence-corrected chi connectivity index (χ3v) is 4.64. The summed E-state index contributed by atoms with van der Waals surface area (Å²) in [5, 5.41) is 4.64. The minimum Gasteiger partial charge on any atom is -0.327 e. The van der Waals surface area contributed by atoms with Gasteiger partial charge in [-0.2, -0.15) is 5.10 Å². The van der Waals surface area contributed by atoms with E-state index in [4.69, 9.17) is 5.73 Å². The van der Waals surface area contributed by atoms with E-state index >= 15 is 0 Å². The molecule has 0 aliphatic carbocycles. The molecule has 0 saturated carbocycles. The van der Waals surface area contributed by atoms with Gasteiger partial charge in [0.15, 0.2) is 0 Å². The van der Waals surface area contributed by atoms with Crippen molar-refractivity contribution in [1.82, 2.24) is 19.7 Å². The first-order valence-corrected chi connectivity index (χ1v) is 7.86. The van der Waals surface area contributed by atoms with Crippen LogP contribution in [-0.2, 0) is 13.6 Å². The zero-order chi connectivity index (χ0) is 15.7. The van der Waals surface area contributed by atoms with E-state index < -0.39 is 0 Å². The van der Waals surface area contributed by atoms with Gasteiger partial charge in [0.2, 0.25) is 0 Å². The number of piperidine rings is 1. The van der Waals surface area contributed by atoms with Crippen LogP contribution in [-0.4, -0.2) is 38.8 Å². The molecule has 0 radical (unpaired) electrons. The summed E-state index contributed by atoms with van der Waals surface area (Å²) in [6.07, 6.45) is 6.81. The molecule has 3 rings (SSSR count). The summed E-state index contributed by atoms with van der Waals surface area (Å²) < 4.78 is 1.89. The summed E-state index contributed by atoms with van der Waals surface area (Å²) >= 11 is 0. The van der Waals surface area contributed by atoms with Crippen molar-refractivity contribution in [3.05, 3.63) is 36.3 Å². The fraction of sp³-hybridized carbons (Fsp3) is 0.529. The lowest BCUT2D eigenvalue weighted by Gasteiger charge is -2.42. The lowest BCUT2D eigenvalue weighted by atomic mass is 9.79. The lowest BCUT2D eigenvalue weighted by molar-refractivity contribution is 0.0900. The first kappa shape index (κ1) is 15.2. The zero-order valence-corrected chi connectivity index (χ0v) is 13.7. The second kappa shape index (κ2) is 5.82. The largest absolute Gasteiger partial charge is 0.327 e. The van der Waals surface area contributed by atoms with E-state index in [2.05, 4.69) is 35.0 Å². The van der Waals surface area contributed by atoms with Gasteiger partial charge in [-0.3, -0.25) is 14.6 Å². The molecule has 2 N–H and O–H groups in total. The molecule has 5 nitrogen and oxygen atoms in total. The van der Waals surface area contributed by atoms with Crippen LogP contribution in [0.4, 0.5) is 0 Å². The molecule has 1 aliphatic heterocycles. The van der Waals surface area contributed by atoms with Gasteiger partial charge >= 0.3 is 0 Å². The molecule has 1 fully saturated rings. The number of pyridine rings is 1. The van der Waals surface area contributed by atoms with Crippen LogP contribution in [0.2, 0.25) is 0 Å². The molecule has 2 aromatic rings. The summed E-state index contributed by atoms with van der Waals surface area (Å²) in [7, 11) is 1.98. The van der Waals surface area contributed by atoms with Crippen molar-refractivity contribution in [2.75, 3.05) is 13.1 Å². The predicted octanol–water partition coefficient (Wildman–Crippen LogP) is 2.04. The van der Waals surface area contributed by atoms with Gasteiger partial charge in [-0.05, 0) is 24.0 Å². The Kier molecular flexibility index (Phi) is 4.02. The van der Waals surface area contributed by atoms with Crippen LogP contribution in [0.3, 0.4) is 0 Å². The van der Waals surface area contributed by atoms with Gasteiger partial charge < -0.3 is 5.73 Å². The Labute approximate surface area is 132 Å². The molecule has 3 heterocycles. The number of nitrogens with two attached hydrogens (primary N) is 1. The topological polar surface area (TPSA) is 60.0 Å². The molecule has 1 saturated heterocycles. The van der Waals surface area contributed by atoms with Crippen LogP contribution in [0.5, 0.6) is 0 Å². The van der Waals surface area contributed by atoms with Crippen LogP contribution in [0.15, 0.2) is 30.7 Å². The number of nitrogens with zero attached hydrogens (tertiary/aromatic N) is 4. The molecule has 118 valence electrons. The molecule has 1 atom stereocenters. The van der Waals surface area contributed by atoms with Crippen molar-refractivity contribution in [3.63, 3.8) is 0 Å². The van der Waals surface area contributed by atoms with Crippen LogP contribution >= 0.6 is 0 Å². The van der Waals surface area contributed by atoms with Gasteiger partial charge in [-0.15, -0.1) is 0 Å². The van der Waals surface area contributed by atoms with E-state index in [0.717, 1.165) is 37.3 Å². The third-order valence-electron chi connectivity index (χ3n) is 4.64. The summed E-state index contributed by atoms with van der Waals surface area (Å²) in [5.74, 6) is 0. The van der Waals surface area contributed by atoms with Gasteiger partial charge in [-0.25, -0.2) is 0 Å². The molecule has 1 unspecified atom stereocenters. The van der Waals surface area contributed by atoms with E-state index in [1.807, 2.05) is 36.3 Å². The average molecular weight is 299 g/mol.